The summed E-state index contributed by atoms with van der Waals surface area (Å²) in [6, 6.07) is 0. The van der Waals surface area contributed by atoms with Crippen molar-refractivity contribution in [3.05, 3.63) is 0 Å². The molecule has 11 heavy (non-hydrogen) atoms. The highest BCUT2D eigenvalue weighted by Gasteiger charge is 2.15. The molecule has 0 spiro atoms. The first kappa shape index (κ1) is 10.1. The van der Waals surface area contributed by atoms with Crippen molar-refractivity contribution in [3.8, 4) is 0 Å². The molecule has 1 amide bonds. The van der Waals surface area contributed by atoms with Crippen LogP contribution in [0.15, 0.2) is 4.36 Å². The van der Waals surface area contributed by atoms with Crippen LogP contribution in [0.1, 0.15) is 20.8 Å². The first-order valence-corrected chi connectivity index (χ1v) is 4.00. The van der Waals surface area contributed by atoms with Gasteiger partial charge in [0.1, 0.15) is 5.60 Å². The van der Waals surface area contributed by atoms with E-state index in [2.05, 4.69) is 9.10 Å². The van der Waals surface area contributed by atoms with E-state index in [1.54, 1.807) is 20.8 Å². The highest BCUT2D eigenvalue weighted by Crippen LogP contribution is 2.07. The third-order valence-electron chi connectivity index (χ3n) is 0.551. The molecule has 0 saturated carbocycles. The molecular formula is C5H10N2O3S. The van der Waals surface area contributed by atoms with E-state index in [0.717, 1.165) is 0 Å². The Hall–Kier alpha value is -0.910. The number of carbonyl (C=O) groups excluding carboxylic acids is 1. The molecule has 5 nitrogen and oxygen atoms in total. The largest absolute Gasteiger partial charge is 0.447 e. The zero-order valence-electron chi connectivity index (χ0n) is 6.58. The number of ether oxygens (including phenoxy) is 1. The van der Waals surface area contributed by atoms with Crippen molar-refractivity contribution in [1.29, 1.82) is 4.78 Å². The third-order valence-corrected chi connectivity index (χ3v) is 0.866. The molecular weight excluding hydrogens is 168 g/mol. The lowest BCUT2D eigenvalue weighted by Crippen LogP contribution is -2.21. The van der Waals surface area contributed by atoms with Crippen molar-refractivity contribution >= 4 is 16.5 Å². The van der Waals surface area contributed by atoms with Crippen LogP contribution in [-0.2, 0) is 15.1 Å². The van der Waals surface area contributed by atoms with E-state index in [1.165, 1.54) is 0 Å². The van der Waals surface area contributed by atoms with Gasteiger partial charge in [-0.25, -0.2) is 9.57 Å². The van der Waals surface area contributed by atoms with Crippen LogP contribution in [-0.4, -0.2) is 15.9 Å². The van der Waals surface area contributed by atoms with Crippen LogP contribution in [0.5, 0.6) is 0 Å². The lowest BCUT2D eigenvalue weighted by atomic mass is 10.2. The quantitative estimate of drug-likeness (QED) is 0.612. The molecule has 0 aliphatic heterocycles. The summed E-state index contributed by atoms with van der Waals surface area (Å²) < 4.78 is 23.9. The van der Waals surface area contributed by atoms with E-state index in [9.17, 15) is 9.00 Å². The van der Waals surface area contributed by atoms with Crippen LogP contribution in [0.4, 0.5) is 4.79 Å². The molecule has 0 aliphatic rings. The molecule has 1 N–H and O–H groups in total. The Morgan fingerprint density at radius 3 is 2.27 bits per heavy atom. The molecule has 0 heterocycles. The Kier molecular flexibility index (Phi) is 3.18. The van der Waals surface area contributed by atoms with Crippen LogP contribution < -0.4 is 0 Å². The zero-order valence-corrected chi connectivity index (χ0v) is 7.40. The number of hydrogen-bond donors (Lipinski definition) is 1. The monoisotopic (exact) mass is 178 g/mol. The molecule has 0 radical (unpaired) electrons. The molecule has 0 unspecified atom stereocenters. The zero-order chi connectivity index (χ0) is 9.07. The van der Waals surface area contributed by atoms with Gasteiger partial charge in [0.15, 0.2) is 0 Å². The predicted molar refractivity (Wildman–Crippen MR) is 39.5 cm³/mol. The maximum absolute atomic E-state index is 10.6. The molecule has 0 aromatic carbocycles. The van der Waals surface area contributed by atoms with Crippen LogP contribution in [0, 0.1) is 4.78 Å². The van der Waals surface area contributed by atoms with E-state index in [4.69, 9.17) is 4.78 Å². The number of nitrogens with zero attached hydrogens (tertiary/aromatic N) is 1. The summed E-state index contributed by atoms with van der Waals surface area (Å²) in [6.45, 7) is 4.98. The van der Waals surface area contributed by atoms with Crippen molar-refractivity contribution < 1.29 is 13.7 Å². The molecule has 0 aliphatic carbocycles. The topological polar surface area (TPSA) is 79.6 Å². The fourth-order valence-electron chi connectivity index (χ4n) is 0.348. The number of hydrogen-bond acceptors (Lipinski definition) is 4. The summed E-state index contributed by atoms with van der Waals surface area (Å²) in [6.07, 6.45) is -0.967. The second-order valence-electron chi connectivity index (χ2n) is 2.82. The average Bonchev–Trinajstić information content (AvgIpc) is 1.53. The molecule has 0 aromatic rings. The second-order valence-corrected chi connectivity index (χ2v) is 3.50. The summed E-state index contributed by atoms with van der Waals surface area (Å²) in [5.41, 5.74) is -0.653. The fraction of sp³-hybridized carbons (Fsp3) is 0.800. The van der Waals surface area contributed by atoms with Gasteiger partial charge < -0.3 is 4.74 Å². The molecule has 6 heteroatoms. The summed E-state index contributed by atoms with van der Waals surface area (Å²) >= 11 is 0. The molecule has 0 fully saturated rings. The Bertz CT molecular complexity index is 265. The van der Waals surface area contributed by atoms with Crippen molar-refractivity contribution in [2.75, 3.05) is 0 Å². The smallest absolute Gasteiger partial charge is 0.442 e. The van der Waals surface area contributed by atoms with Crippen molar-refractivity contribution in [3.63, 3.8) is 0 Å². The molecule has 0 bridgehead atoms. The number of carbonyl (C=O) groups is 1. The van der Waals surface area contributed by atoms with Gasteiger partial charge in [0.2, 0.25) is 10.4 Å². The minimum Gasteiger partial charge on any atom is -0.442 e. The van der Waals surface area contributed by atoms with Crippen molar-refractivity contribution in [1.82, 2.24) is 0 Å². The van der Waals surface area contributed by atoms with Gasteiger partial charge in [0.05, 0.1) is 0 Å². The normalized spacial score (nSPS) is 10.5. The summed E-state index contributed by atoms with van der Waals surface area (Å²) in [7, 11) is -2.23. The summed E-state index contributed by atoms with van der Waals surface area (Å²) in [5, 5.41) is 0. The maximum atomic E-state index is 10.6. The van der Waals surface area contributed by atoms with Gasteiger partial charge in [0, 0.05) is 0 Å². The van der Waals surface area contributed by atoms with Gasteiger partial charge >= 0.3 is 6.09 Å². The molecule has 0 aromatic heterocycles. The van der Waals surface area contributed by atoms with Crippen LogP contribution in [0.3, 0.4) is 0 Å². The van der Waals surface area contributed by atoms with Crippen LogP contribution in [0.2, 0.25) is 0 Å². The Labute approximate surface area is 66.5 Å². The summed E-state index contributed by atoms with van der Waals surface area (Å²) in [4.78, 5) is 10.6. The number of rotatable bonds is 0. The Morgan fingerprint density at radius 1 is 1.55 bits per heavy atom. The van der Waals surface area contributed by atoms with Crippen molar-refractivity contribution in [2.24, 2.45) is 4.36 Å². The maximum Gasteiger partial charge on any atom is 0.447 e. The first-order chi connectivity index (χ1) is 4.81. The minimum atomic E-state index is -2.23. The highest BCUT2D eigenvalue weighted by molar-refractivity contribution is 7.63. The van der Waals surface area contributed by atoms with Crippen molar-refractivity contribution in [2.45, 2.75) is 26.4 Å². The van der Waals surface area contributed by atoms with Crippen LogP contribution in [0.25, 0.3) is 0 Å². The number of nitrogens with one attached hydrogen (secondary N) is 1. The Morgan fingerprint density at radius 2 is 2.00 bits per heavy atom. The lowest BCUT2D eigenvalue weighted by molar-refractivity contribution is 0.0608. The van der Waals surface area contributed by atoms with Gasteiger partial charge in [0.25, 0.3) is 0 Å². The molecule has 0 rings (SSSR count). The van der Waals surface area contributed by atoms with E-state index >= 15 is 0 Å². The highest BCUT2D eigenvalue weighted by atomic mass is 32.2. The fourth-order valence-corrected chi connectivity index (χ4v) is 0.521. The van der Waals surface area contributed by atoms with E-state index in [-0.39, 0.29) is 0 Å². The van der Waals surface area contributed by atoms with Gasteiger partial charge in [-0.15, -0.1) is 0 Å². The van der Waals surface area contributed by atoms with E-state index < -0.39 is 22.1 Å². The predicted octanol–water partition coefficient (Wildman–Crippen LogP) is 1.62. The Balaban J connectivity index is 4.23. The van der Waals surface area contributed by atoms with E-state index in [0.29, 0.717) is 0 Å². The van der Waals surface area contributed by atoms with E-state index in [1.807, 2.05) is 0 Å². The number of amides is 1. The van der Waals surface area contributed by atoms with Gasteiger partial charge in [-0.2, -0.15) is 4.21 Å². The van der Waals surface area contributed by atoms with Gasteiger partial charge in [-0.3, -0.25) is 0 Å². The van der Waals surface area contributed by atoms with Gasteiger partial charge in [-0.1, -0.05) is 4.36 Å². The third kappa shape index (κ3) is 6.98. The average molecular weight is 178 g/mol. The summed E-state index contributed by atoms with van der Waals surface area (Å²) in [5.74, 6) is 0. The lowest BCUT2D eigenvalue weighted by Gasteiger charge is -2.16. The standard InChI is InChI=1S/C5H10N2O3S/c1-5(2,3)10-4(8)7-11(6)9/h6H,1-3H3. The van der Waals surface area contributed by atoms with Crippen LogP contribution >= 0.6 is 0 Å². The SMILES string of the molecule is CC(C)(C)OC(=O)N=S(=N)=O. The molecule has 64 valence electrons. The first-order valence-electron chi connectivity index (χ1n) is 2.89. The molecule has 0 saturated heterocycles. The van der Waals surface area contributed by atoms with Gasteiger partial charge in [-0.05, 0) is 20.8 Å². The molecule has 0 atom stereocenters. The second kappa shape index (κ2) is 3.47. The minimum absolute atomic E-state index is 0.653.